The minimum atomic E-state index is -0.512. The van der Waals surface area contributed by atoms with E-state index in [1.807, 2.05) is 44.1 Å². The number of nitrogens with zero attached hydrogens (tertiary/aromatic N) is 1. The molecule has 1 atom stereocenters. The number of amides is 3. The first-order valence-corrected chi connectivity index (χ1v) is 6.42. The van der Waals surface area contributed by atoms with Gasteiger partial charge in [0.2, 0.25) is 5.91 Å². The Morgan fingerprint density at radius 1 is 1.25 bits per heavy atom. The first-order chi connectivity index (χ1) is 9.35. The van der Waals surface area contributed by atoms with Gasteiger partial charge in [0, 0.05) is 32.5 Å². The van der Waals surface area contributed by atoms with E-state index in [2.05, 4.69) is 16.0 Å². The summed E-state index contributed by atoms with van der Waals surface area (Å²) in [6, 6.07) is 4.85. The van der Waals surface area contributed by atoms with E-state index in [4.69, 9.17) is 0 Å². The minimum absolute atomic E-state index is 0.378. The largest absolute Gasteiger partial charge is 0.377 e. The number of anilines is 2. The predicted octanol–water partition coefficient (Wildman–Crippen LogP) is 1.32. The van der Waals surface area contributed by atoms with Gasteiger partial charge in [-0.05, 0) is 31.5 Å². The Hall–Kier alpha value is -2.24. The highest BCUT2D eigenvalue weighted by Gasteiger charge is 2.15. The van der Waals surface area contributed by atoms with Gasteiger partial charge in [-0.3, -0.25) is 10.1 Å². The highest BCUT2D eigenvalue weighted by molar-refractivity contribution is 5.97. The van der Waals surface area contributed by atoms with Crippen LogP contribution in [0.25, 0.3) is 0 Å². The molecule has 0 fully saturated rings. The first-order valence-electron chi connectivity index (χ1n) is 6.42. The van der Waals surface area contributed by atoms with Crippen LogP contribution >= 0.6 is 0 Å². The van der Waals surface area contributed by atoms with Gasteiger partial charge in [-0.15, -0.1) is 0 Å². The van der Waals surface area contributed by atoms with Crippen molar-refractivity contribution in [3.63, 3.8) is 0 Å². The minimum Gasteiger partial charge on any atom is -0.377 e. The van der Waals surface area contributed by atoms with Crippen molar-refractivity contribution in [2.75, 3.05) is 31.4 Å². The molecule has 0 bridgehead atoms. The highest BCUT2D eigenvalue weighted by Crippen LogP contribution is 2.22. The SMILES string of the molecule is CNC(=O)NC(=O)C(C)Nc1ccc(C)c(N(C)C)c1. The standard InChI is InChI=1S/C14H22N4O2/c1-9-6-7-11(8-12(9)18(4)5)16-10(2)13(19)17-14(20)15-3/h6-8,10,16H,1-5H3,(H2,15,17,19,20). The molecule has 0 aliphatic rings. The second-order valence-electron chi connectivity index (χ2n) is 4.83. The first kappa shape index (κ1) is 15.8. The molecule has 0 aliphatic heterocycles. The molecule has 3 amide bonds. The molecule has 110 valence electrons. The Bertz CT molecular complexity index is 500. The Labute approximate surface area is 119 Å². The van der Waals surface area contributed by atoms with Crippen LogP contribution in [0.1, 0.15) is 12.5 Å². The Morgan fingerprint density at radius 3 is 2.45 bits per heavy atom. The van der Waals surface area contributed by atoms with Crippen LogP contribution in [0, 0.1) is 6.92 Å². The summed E-state index contributed by atoms with van der Waals surface area (Å²) >= 11 is 0. The van der Waals surface area contributed by atoms with E-state index < -0.39 is 12.1 Å². The molecule has 1 rings (SSSR count). The van der Waals surface area contributed by atoms with E-state index in [1.54, 1.807) is 6.92 Å². The summed E-state index contributed by atoms with van der Waals surface area (Å²) in [4.78, 5) is 24.9. The average molecular weight is 278 g/mol. The van der Waals surface area contributed by atoms with Gasteiger partial charge in [0.25, 0.3) is 0 Å². The van der Waals surface area contributed by atoms with E-state index >= 15 is 0 Å². The van der Waals surface area contributed by atoms with Crippen molar-refractivity contribution in [3.05, 3.63) is 23.8 Å². The molecule has 1 aromatic rings. The van der Waals surface area contributed by atoms with Gasteiger partial charge in [0.1, 0.15) is 6.04 Å². The van der Waals surface area contributed by atoms with E-state index in [0.29, 0.717) is 0 Å². The van der Waals surface area contributed by atoms with Crippen LogP contribution < -0.4 is 20.9 Å². The number of urea groups is 1. The molecule has 6 nitrogen and oxygen atoms in total. The lowest BCUT2D eigenvalue weighted by atomic mass is 10.1. The molecule has 0 saturated carbocycles. The molecule has 6 heteroatoms. The van der Waals surface area contributed by atoms with Crippen molar-refractivity contribution in [1.29, 1.82) is 0 Å². The molecule has 0 aromatic heterocycles. The topological polar surface area (TPSA) is 73.5 Å². The Kier molecular flexibility index (Phi) is 5.37. The molecule has 0 spiro atoms. The fraction of sp³-hybridized carbons (Fsp3) is 0.429. The number of imide groups is 1. The van der Waals surface area contributed by atoms with E-state index in [1.165, 1.54) is 7.05 Å². The van der Waals surface area contributed by atoms with E-state index in [9.17, 15) is 9.59 Å². The summed E-state index contributed by atoms with van der Waals surface area (Å²) in [5.41, 5.74) is 3.07. The number of aryl methyl sites for hydroxylation is 1. The summed E-state index contributed by atoms with van der Waals surface area (Å²) in [5.74, 6) is -0.378. The average Bonchev–Trinajstić information content (AvgIpc) is 2.40. The van der Waals surface area contributed by atoms with Crippen LogP contribution in [0.2, 0.25) is 0 Å². The molecule has 1 aromatic carbocycles. The maximum atomic E-state index is 11.8. The van der Waals surface area contributed by atoms with Gasteiger partial charge < -0.3 is 15.5 Å². The number of carbonyl (C=O) groups excluding carboxylic acids is 2. The van der Waals surface area contributed by atoms with Crippen LogP contribution in [0.15, 0.2) is 18.2 Å². The lowest BCUT2D eigenvalue weighted by Gasteiger charge is -2.19. The molecule has 0 aliphatic carbocycles. The summed E-state index contributed by atoms with van der Waals surface area (Å²) in [7, 11) is 5.39. The number of hydrogen-bond acceptors (Lipinski definition) is 4. The molecule has 20 heavy (non-hydrogen) atoms. The molecule has 0 heterocycles. The second kappa shape index (κ2) is 6.79. The lowest BCUT2D eigenvalue weighted by Crippen LogP contribution is -2.44. The van der Waals surface area contributed by atoms with Gasteiger partial charge in [-0.2, -0.15) is 0 Å². The van der Waals surface area contributed by atoms with Gasteiger partial charge in [-0.1, -0.05) is 6.07 Å². The number of carbonyl (C=O) groups is 2. The maximum absolute atomic E-state index is 11.8. The van der Waals surface area contributed by atoms with Crippen molar-refractivity contribution in [2.24, 2.45) is 0 Å². The van der Waals surface area contributed by atoms with Crippen molar-refractivity contribution in [2.45, 2.75) is 19.9 Å². The fourth-order valence-corrected chi connectivity index (χ4v) is 1.78. The lowest BCUT2D eigenvalue weighted by molar-refractivity contribution is -0.120. The van der Waals surface area contributed by atoms with Crippen LogP contribution in [-0.2, 0) is 4.79 Å². The smallest absolute Gasteiger partial charge is 0.321 e. The maximum Gasteiger partial charge on any atom is 0.321 e. The van der Waals surface area contributed by atoms with E-state index in [0.717, 1.165) is 16.9 Å². The Balaban J connectivity index is 2.75. The monoisotopic (exact) mass is 278 g/mol. The fourth-order valence-electron chi connectivity index (χ4n) is 1.78. The predicted molar refractivity (Wildman–Crippen MR) is 81.2 cm³/mol. The van der Waals surface area contributed by atoms with Crippen molar-refractivity contribution >= 4 is 23.3 Å². The zero-order valence-electron chi connectivity index (χ0n) is 12.6. The summed E-state index contributed by atoms with van der Waals surface area (Å²) < 4.78 is 0. The number of rotatable bonds is 4. The molecule has 0 saturated heterocycles. The summed E-state index contributed by atoms with van der Waals surface area (Å²) in [6.07, 6.45) is 0. The van der Waals surface area contributed by atoms with Gasteiger partial charge >= 0.3 is 6.03 Å². The third-order valence-electron chi connectivity index (χ3n) is 2.93. The molecule has 1 unspecified atom stereocenters. The third kappa shape index (κ3) is 4.15. The number of benzene rings is 1. The molecular formula is C14H22N4O2. The second-order valence-corrected chi connectivity index (χ2v) is 4.83. The van der Waals surface area contributed by atoms with Crippen LogP contribution in [-0.4, -0.2) is 39.1 Å². The molecule has 0 radical (unpaired) electrons. The van der Waals surface area contributed by atoms with Crippen molar-refractivity contribution in [1.82, 2.24) is 10.6 Å². The van der Waals surface area contributed by atoms with Gasteiger partial charge in [-0.25, -0.2) is 4.79 Å². The number of nitrogens with one attached hydrogen (secondary N) is 3. The van der Waals surface area contributed by atoms with Crippen molar-refractivity contribution in [3.8, 4) is 0 Å². The molecular weight excluding hydrogens is 256 g/mol. The zero-order valence-corrected chi connectivity index (χ0v) is 12.6. The summed E-state index contributed by atoms with van der Waals surface area (Å²) in [5, 5.41) is 7.65. The normalized spacial score (nSPS) is 11.4. The zero-order chi connectivity index (χ0) is 15.3. The van der Waals surface area contributed by atoms with Crippen LogP contribution in [0.3, 0.4) is 0 Å². The molecule has 3 N–H and O–H groups in total. The van der Waals surface area contributed by atoms with Crippen LogP contribution in [0.4, 0.5) is 16.2 Å². The van der Waals surface area contributed by atoms with Crippen molar-refractivity contribution < 1.29 is 9.59 Å². The third-order valence-corrected chi connectivity index (χ3v) is 2.93. The van der Waals surface area contributed by atoms with Crippen LogP contribution in [0.5, 0.6) is 0 Å². The summed E-state index contributed by atoms with van der Waals surface area (Å²) in [6.45, 7) is 3.73. The Morgan fingerprint density at radius 2 is 1.90 bits per heavy atom. The van der Waals surface area contributed by atoms with Gasteiger partial charge in [0.05, 0.1) is 0 Å². The van der Waals surface area contributed by atoms with E-state index in [-0.39, 0.29) is 5.91 Å². The number of hydrogen-bond donors (Lipinski definition) is 3. The highest BCUT2D eigenvalue weighted by atomic mass is 16.2. The van der Waals surface area contributed by atoms with Gasteiger partial charge in [0.15, 0.2) is 0 Å². The quantitative estimate of drug-likeness (QED) is 0.776.